The molecule has 1 aromatic carbocycles. The van der Waals surface area contributed by atoms with Crippen LogP contribution in [0, 0.1) is 5.92 Å². The van der Waals surface area contributed by atoms with Gasteiger partial charge in [-0.05, 0) is 30.5 Å². The summed E-state index contributed by atoms with van der Waals surface area (Å²) < 4.78 is 26.6. The Morgan fingerprint density at radius 1 is 1.40 bits per heavy atom. The number of nitrogens with one attached hydrogen (secondary N) is 1. The van der Waals surface area contributed by atoms with Gasteiger partial charge in [0, 0.05) is 6.54 Å². The van der Waals surface area contributed by atoms with Crippen LogP contribution in [0.5, 0.6) is 0 Å². The molecule has 1 aromatic rings. The number of aromatic carboxylic acids is 1. The van der Waals surface area contributed by atoms with Gasteiger partial charge in [-0.25, -0.2) is 17.9 Å². The molecule has 1 saturated carbocycles. The van der Waals surface area contributed by atoms with Crippen molar-refractivity contribution in [3.63, 3.8) is 0 Å². The standard InChI is InChI=1S/C13H16ClNO4S/c14-12-8-10(4-5-11(12)13(16)17)20(18,19)15-7-6-9-2-1-3-9/h4-5,8-9,15H,1-3,6-7H2,(H,16,17). The summed E-state index contributed by atoms with van der Waals surface area (Å²) in [5.74, 6) is -0.562. The SMILES string of the molecule is O=C(O)c1ccc(S(=O)(=O)NCCC2CCC2)cc1Cl. The van der Waals surface area contributed by atoms with Crippen LogP contribution in [-0.2, 0) is 10.0 Å². The van der Waals surface area contributed by atoms with E-state index in [9.17, 15) is 13.2 Å². The Bertz CT molecular complexity index is 611. The molecule has 0 heterocycles. The van der Waals surface area contributed by atoms with E-state index in [4.69, 9.17) is 16.7 Å². The zero-order valence-corrected chi connectivity index (χ0v) is 12.4. The quantitative estimate of drug-likeness (QED) is 0.844. The number of hydrogen-bond acceptors (Lipinski definition) is 3. The lowest BCUT2D eigenvalue weighted by Gasteiger charge is -2.25. The first-order chi connectivity index (χ1) is 9.40. The Labute approximate surface area is 123 Å². The Hall–Kier alpha value is -1.11. The van der Waals surface area contributed by atoms with E-state index in [0.29, 0.717) is 12.5 Å². The van der Waals surface area contributed by atoms with Crippen LogP contribution in [0.2, 0.25) is 5.02 Å². The van der Waals surface area contributed by atoms with Crippen molar-refractivity contribution < 1.29 is 18.3 Å². The molecule has 20 heavy (non-hydrogen) atoms. The summed E-state index contributed by atoms with van der Waals surface area (Å²) in [4.78, 5) is 10.8. The van der Waals surface area contributed by atoms with Crippen molar-refractivity contribution in [2.24, 2.45) is 5.92 Å². The van der Waals surface area contributed by atoms with Crippen LogP contribution in [0.4, 0.5) is 0 Å². The summed E-state index contributed by atoms with van der Waals surface area (Å²) in [5.41, 5.74) is -0.111. The maximum atomic E-state index is 12.0. The molecule has 5 nitrogen and oxygen atoms in total. The minimum Gasteiger partial charge on any atom is -0.478 e. The zero-order valence-electron chi connectivity index (χ0n) is 10.8. The van der Waals surface area contributed by atoms with Crippen molar-refractivity contribution in [2.75, 3.05) is 6.54 Å². The third-order valence-electron chi connectivity index (χ3n) is 3.55. The van der Waals surface area contributed by atoms with E-state index >= 15 is 0 Å². The van der Waals surface area contributed by atoms with Gasteiger partial charge in [0.1, 0.15) is 0 Å². The maximum absolute atomic E-state index is 12.0. The molecule has 2 N–H and O–H groups in total. The summed E-state index contributed by atoms with van der Waals surface area (Å²) in [6.07, 6.45) is 4.39. The molecule has 7 heteroatoms. The lowest BCUT2D eigenvalue weighted by atomic mass is 9.83. The Balaban J connectivity index is 2.04. The minimum atomic E-state index is -3.63. The number of halogens is 1. The fraction of sp³-hybridized carbons (Fsp3) is 0.462. The van der Waals surface area contributed by atoms with Gasteiger partial charge >= 0.3 is 5.97 Å². The molecule has 0 aromatic heterocycles. The number of sulfonamides is 1. The number of benzene rings is 1. The largest absolute Gasteiger partial charge is 0.478 e. The molecule has 2 rings (SSSR count). The van der Waals surface area contributed by atoms with Gasteiger partial charge in [0.2, 0.25) is 10.0 Å². The molecular formula is C13H16ClNO4S. The number of carboxylic acid groups (broad SMARTS) is 1. The molecule has 0 aliphatic heterocycles. The first kappa shape index (κ1) is 15.3. The molecule has 0 spiro atoms. The maximum Gasteiger partial charge on any atom is 0.337 e. The van der Waals surface area contributed by atoms with Crippen LogP contribution in [0.3, 0.4) is 0 Å². The molecule has 0 saturated heterocycles. The van der Waals surface area contributed by atoms with E-state index in [1.54, 1.807) is 0 Å². The first-order valence-electron chi connectivity index (χ1n) is 6.42. The van der Waals surface area contributed by atoms with Gasteiger partial charge in [-0.1, -0.05) is 30.9 Å². The summed E-state index contributed by atoms with van der Waals surface area (Å²) in [6, 6.07) is 3.61. The van der Waals surface area contributed by atoms with Gasteiger partial charge in [0.25, 0.3) is 0 Å². The second-order valence-corrected chi connectivity index (χ2v) is 7.10. The zero-order chi connectivity index (χ0) is 14.8. The summed E-state index contributed by atoms with van der Waals surface area (Å²) in [6.45, 7) is 0.394. The highest BCUT2D eigenvalue weighted by atomic mass is 35.5. The van der Waals surface area contributed by atoms with Crippen LogP contribution in [0.25, 0.3) is 0 Å². The van der Waals surface area contributed by atoms with Gasteiger partial charge in [-0.2, -0.15) is 0 Å². The van der Waals surface area contributed by atoms with E-state index in [1.807, 2.05) is 0 Å². The normalized spacial score (nSPS) is 15.8. The minimum absolute atomic E-state index is 0.0129. The predicted molar refractivity (Wildman–Crippen MR) is 75.6 cm³/mol. The van der Waals surface area contributed by atoms with Gasteiger partial charge in [-0.15, -0.1) is 0 Å². The van der Waals surface area contributed by atoms with Gasteiger partial charge < -0.3 is 5.11 Å². The van der Waals surface area contributed by atoms with E-state index < -0.39 is 16.0 Å². The fourth-order valence-electron chi connectivity index (χ4n) is 2.10. The Kier molecular flexibility index (Phi) is 4.67. The van der Waals surface area contributed by atoms with E-state index in [0.717, 1.165) is 12.5 Å². The lowest BCUT2D eigenvalue weighted by molar-refractivity contribution is 0.0697. The van der Waals surface area contributed by atoms with Crippen LogP contribution in [0.1, 0.15) is 36.0 Å². The van der Waals surface area contributed by atoms with Crippen LogP contribution >= 0.6 is 11.6 Å². The molecule has 0 bridgehead atoms. The van der Waals surface area contributed by atoms with Crippen molar-refractivity contribution in [1.29, 1.82) is 0 Å². The van der Waals surface area contributed by atoms with Crippen LogP contribution in [-0.4, -0.2) is 26.0 Å². The second-order valence-electron chi connectivity index (χ2n) is 4.93. The van der Waals surface area contributed by atoms with Crippen molar-refractivity contribution in [3.8, 4) is 0 Å². The second kappa shape index (κ2) is 6.11. The van der Waals surface area contributed by atoms with Crippen LogP contribution < -0.4 is 4.72 Å². The highest BCUT2D eigenvalue weighted by Crippen LogP contribution is 2.29. The van der Waals surface area contributed by atoms with E-state index in [1.165, 1.54) is 31.4 Å². The summed E-state index contributed by atoms with van der Waals surface area (Å²) in [5, 5.41) is 8.76. The highest BCUT2D eigenvalue weighted by Gasteiger charge is 2.20. The molecule has 0 radical (unpaired) electrons. The number of rotatable bonds is 6. The number of carboxylic acids is 1. The Morgan fingerprint density at radius 3 is 2.60 bits per heavy atom. The molecule has 0 unspecified atom stereocenters. The lowest BCUT2D eigenvalue weighted by Crippen LogP contribution is -2.27. The van der Waals surface area contributed by atoms with E-state index in [2.05, 4.69) is 4.72 Å². The smallest absolute Gasteiger partial charge is 0.337 e. The molecule has 1 fully saturated rings. The summed E-state index contributed by atoms with van der Waals surface area (Å²) in [7, 11) is -3.63. The van der Waals surface area contributed by atoms with E-state index in [-0.39, 0.29) is 15.5 Å². The molecule has 0 atom stereocenters. The third-order valence-corrected chi connectivity index (χ3v) is 5.32. The van der Waals surface area contributed by atoms with Crippen molar-refractivity contribution >= 4 is 27.6 Å². The fourth-order valence-corrected chi connectivity index (χ4v) is 3.50. The average Bonchev–Trinajstić information content (AvgIpc) is 2.31. The number of hydrogen-bond donors (Lipinski definition) is 2. The topological polar surface area (TPSA) is 83.5 Å². The van der Waals surface area contributed by atoms with Gasteiger partial charge in [-0.3, -0.25) is 0 Å². The molecule has 110 valence electrons. The average molecular weight is 318 g/mol. The van der Waals surface area contributed by atoms with Crippen molar-refractivity contribution in [1.82, 2.24) is 4.72 Å². The van der Waals surface area contributed by atoms with Crippen molar-refractivity contribution in [2.45, 2.75) is 30.6 Å². The van der Waals surface area contributed by atoms with Crippen LogP contribution in [0.15, 0.2) is 23.1 Å². The Morgan fingerprint density at radius 2 is 2.10 bits per heavy atom. The molecular weight excluding hydrogens is 302 g/mol. The van der Waals surface area contributed by atoms with Gasteiger partial charge in [0.15, 0.2) is 0 Å². The van der Waals surface area contributed by atoms with Crippen molar-refractivity contribution in [3.05, 3.63) is 28.8 Å². The number of carbonyl (C=O) groups is 1. The van der Waals surface area contributed by atoms with Gasteiger partial charge in [0.05, 0.1) is 15.5 Å². The monoisotopic (exact) mass is 317 g/mol. The predicted octanol–water partition coefficient (Wildman–Crippen LogP) is 2.51. The first-order valence-corrected chi connectivity index (χ1v) is 8.29. The third kappa shape index (κ3) is 3.50. The molecule has 1 aliphatic carbocycles. The molecule has 0 amide bonds. The summed E-state index contributed by atoms with van der Waals surface area (Å²) >= 11 is 5.77. The highest BCUT2D eigenvalue weighted by molar-refractivity contribution is 7.89. The molecule has 1 aliphatic rings.